The van der Waals surface area contributed by atoms with Crippen LogP contribution < -0.4 is 0 Å². The van der Waals surface area contributed by atoms with Crippen molar-refractivity contribution in [2.24, 2.45) is 0 Å². The van der Waals surface area contributed by atoms with Crippen LogP contribution in [-0.4, -0.2) is 57.6 Å². The molecule has 8 heteroatoms. The van der Waals surface area contributed by atoms with E-state index in [2.05, 4.69) is 21.0 Å². The monoisotopic (exact) mass is 470 g/mol. The molecule has 2 heterocycles. The lowest BCUT2D eigenvalue weighted by Crippen LogP contribution is -2.50. The fourth-order valence-electron chi connectivity index (χ4n) is 3.37. The number of piperazine rings is 1. The second kappa shape index (κ2) is 8.39. The highest BCUT2D eigenvalue weighted by Gasteiger charge is 2.26. The maximum atomic E-state index is 13.8. The predicted molar refractivity (Wildman–Crippen MR) is 114 cm³/mol. The number of aryl methyl sites for hydroxylation is 1. The Kier molecular flexibility index (Phi) is 5.67. The summed E-state index contributed by atoms with van der Waals surface area (Å²) in [5, 5.41) is 4.28. The number of benzene rings is 2. The quantitative estimate of drug-likeness (QED) is 0.586. The first-order valence-corrected chi connectivity index (χ1v) is 10.4. The maximum absolute atomic E-state index is 13.8. The van der Waals surface area contributed by atoms with Crippen LogP contribution in [0.5, 0.6) is 0 Å². The summed E-state index contributed by atoms with van der Waals surface area (Å²) in [5.41, 5.74) is 2.19. The summed E-state index contributed by atoms with van der Waals surface area (Å²) in [6.07, 6.45) is 3.26. The zero-order chi connectivity index (χ0) is 21.3. The Morgan fingerprint density at radius 3 is 2.13 bits per heavy atom. The van der Waals surface area contributed by atoms with Crippen LogP contribution in [0, 0.1) is 12.7 Å². The molecule has 0 saturated carbocycles. The molecule has 0 N–H and O–H groups in total. The van der Waals surface area contributed by atoms with E-state index in [1.165, 1.54) is 6.07 Å². The number of aromatic nitrogens is 2. The number of carbonyl (C=O) groups excluding carboxylic acids is 2. The van der Waals surface area contributed by atoms with Crippen LogP contribution in [-0.2, 0) is 0 Å². The summed E-state index contributed by atoms with van der Waals surface area (Å²) in [6, 6.07) is 12.1. The van der Waals surface area contributed by atoms with Gasteiger partial charge in [0.2, 0.25) is 0 Å². The van der Waals surface area contributed by atoms with Crippen molar-refractivity contribution >= 4 is 27.7 Å². The van der Waals surface area contributed by atoms with Crippen molar-refractivity contribution in [3.8, 4) is 5.69 Å². The molecule has 4 rings (SSSR count). The highest BCUT2D eigenvalue weighted by atomic mass is 79.9. The van der Waals surface area contributed by atoms with Crippen LogP contribution in [0.25, 0.3) is 5.69 Å². The Bertz CT molecular complexity index is 1090. The predicted octanol–water partition coefficient (Wildman–Crippen LogP) is 3.68. The topological polar surface area (TPSA) is 58.4 Å². The van der Waals surface area contributed by atoms with Crippen molar-refractivity contribution in [3.05, 3.63) is 81.8 Å². The van der Waals surface area contributed by atoms with E-state index in [9.17, 15) is 14.0 Å². The number of halogens is 2. The molecule has 1 saturated heterocycles. The highest BCUT2D eigenvalue weighted by Crippen LogP contribution is 2.17. The van der Waals surface area contributed by atoms with Gasteiger partial charge < -0.3 is 9.80 Å². The minimum Gasteiger partial charge on any atom is -0.335 e. The van der Waals surface area contributed by atoms with E-state index < -0.39 is 5.82 Å². The molecule has 0 aliphatic carbocycles. The van der Waals surface area contributed by atoms with Crippen LogP contribution in [0.3, 0.4) is 0 Å². The molecule has 0 radical (unpaired) electrons. The molecule has 1 aromatic heterocycles. The molecule has 1 fully saturated rings. The van der Waals surface area contributed by atoms with Crippen molar-refractivity contribution < 1.29 is 14.0 Å². The van der Waals surface area contributed by atoms with Gasteiger partial charge in [-0.1, -0.05) is 22.0 Å². The summed E-state index contributed by atoms with van der Waals surface area (Å²) >= 11 is 3.40. The molecular weight excluding hydrogens is 451 g/mol. The van der Waals surface area contributed by atoms with E-state index >= 15 is 0 Å². The van der Waals surface area contributed by atoms with Gasteiger partial charge in [0.1, 0.15) is 5.82 Å². The van der Waals surface area contributed by atoms with Crippen molar-refractivity contribution in [3.63, 3.8) is 0 Å². The van der Waals surface area contributed by atoms with Crippen LogP contribution in [0.1, 0.15) is 26.3 Å². The summed E-state index contributed by atoms with van der Waals surface area (Å²) in [6.45, 7) is 3.31. The van der Waals surface area contributed by atoms with E-state index in [1.54, 1.807) is 45.9 Å². The van der Waals surface area contributed by atoms with Gasteiger partial charge in [-0.3, -0.25) is 9.59 Å². The second-order valence-corrected chi connectivity index (χ2v) is 8.11. The zero-order valence-corrected chi connectivity index (χ0v) is 18.0. The average molecular weight is 471 g/mol. The minimum atomic E-state index is -0.391. The van der Waals surface area contributed by atoms with Gasteiger partial charge in [-0.25, -0.2) is 9.07 Å². The summed E-state index contributed by atoms with van der Waals surface area (Å²) < 4.78 is 16.4. The van der Waals surface area contributed by atoms with Gasteiger partial charge in [0.15, 0.2) is 0 Å². The molecule has 0 atom stereocenters. The van der Waals surface area contributed by atoms with Gasteiger partial charge >= 0.3 is 0 Å². The molecule has 2 aromatic carbocycles. The fourth-order valence-corrected chi connectivity index (χ4v) is 3.64. The van der Waals surface area contributed by atoms with Crippen LogP contribution in [0.4, 0.5) is 4.39 Å². The Morgan fingerprint density at radius 1 is 0.933 bits per heavy atom. The Labute approximate surface area is 182 Å². The molecule has 30 heavy (non-hydrogen) atoms. The van der Waals surface area contributed by atoms with E-state index in [1.807, 2.05) is 24.3 Å². The van der Waals surface area contributed by atoms with Crippen molar-refractivity contribution in [2.75, 3.05) is 26.2 Å². The number of hydrogen-bond donors (Lipinski definition) is 0. The maximum Gasteiger partial charge on any atom is 0.257 e. The average Bonchev–Trinajstić information content (AvgIpc) is 3.25. The highest BCUT2D eigenvalue weighted by molar-refractivity contribution is 9.10. The van der Waals surface area contributed by atoms with Gasteiger partial charge in [-0.15, -0.1) is 0 Å². The molecule has 2 amide bonds. The molecule has 3 aromatic rings. The number of amides is 2. The second-order valence-electron chi connectivity index (χ2n) is 7.20. The Balaban J connectivity index is 1.39. The fraction of sp³-hybridized carbons (Fsp3) is 0.227. The number of carbonyl (C=O) groups is 2. The molecule has 0 unspecified atom stereocenters. The summed E-state index contributed by atoms with van der Waals surface area (Å²) in [4.78, 5) is 28.8. The van der Waals surface area contributed by atoms with Crippen molar-refractivity contribution in [2.45, 2.75) is 6.92 Å². The third-order valence-corrected chi connectivity index (χ3v) is 5.72. The van der Waals surface area contributed by atoms with Gasteiger partial charge in [0.25, 0.3) is 11.8 Å². The first-order chi connectivity index (χ1) is 14.4. The van der Waals surface area contributed by atoms with E-state index in [-0.39, 0.29) is 11.8 Å². The molecule has 1 aliphatic rings. The molecule has 0 bridgehead atoms. The number of rotatable bonds is 3. The molecular formula is C22H20BrFN4O2. The Hall–Kier alpha value is -3.00. The molecule has 0 spiro atoms. The zero-order valence-electron chi connectivity index (χ0n) is 16.4. The van der Waals surface area contributed by atoms with Crippen LogP contribution >= 0.6 is 15.9 Å². The number of hydrogen-bond acceptors (Lipinski definition) is 3. The normalized spacial score (nSPS) is 14.1. The van der Waals surface area contributed by atoms with E-state index in [0.717, 1.165) is 10.2 Å². The third kappa shape index (κ3) is 4.14. The largest absolute Gasteiger partial charge is 0.335 e. The van der Waals surface area contributed by atoms with Gasteiger partial charge in [0.05, 0.1) is 17.4 Å². The third-order valence-electron chi connectivity index (χ3n) is 5.19. The summed E-state index contributed by atoms with van der Waals surface area (Å²) in [7, 11) is 0. The smallest absolute Gasteiger partial charge is 0.257 e. The minimum absolute atomic E-state index is 0.119. The lowest BCUT2D eigenvalue weighted by molar-refractivity contribution is 0.0535. The number of nitrogens with zero attached hydrogens (tertiary/aromatic N) is 4. The SMILES string of the molecule is Cc1ccc(C(=O)N2CCN(C(=O)c3cnn(-c4ccc(Br)cc4)c3)CC2)cc1F. The van der Waals surface area contributed by atoms with Crippen LogP contribution in [0.15, 0.2) is 59.3 Å². The first kappa shape index (κ1) is 20.3. The van der Waals surface area contributed by atoms with E-state index in [4.69, 9.17) is 0 Å². The summed E-state index contributed by atoms with van der Waals surface area (Å²) in [5.74, 6) is -0.728. The Morgan fingerprint density at radius 2 is 1.53 bits per heavy atom. The van der Waals surface area contributed by atoms with Gasteiger partial charge in [0, 0.05) is 42.4 Å². The lowest BCUT2D eigenvalue weighted by atomic mass is 10.1. The van der Waals surface area contributed by atoms with Crippen molar-refractivity contribution in [1.82, 2.24) is 19.6 Å². The lowest BCUT2D eigenvalue weighted by Gasteiger charge is -2.34. The van der Waals surface area contributed by atoms with E-state index in [0.29, 0.717) is 42.9 Å². The van der Waals surface area contributed by atoms with Crippen LogP contribution in [0.2, 0.25) is 0 Å². The molecule has 154 valence electrons. The van der Waals surface area contributed by atoms with Crippen molar-refractivity contribution in [1.29, 1.82) is 0 Å². The first-order valence-electron chi connectivity index (χ1n) is 9.58. The van der Waals surface area contributed by atoms with Gasteiger partial charge in [-0.05, 0) is 48.9 Å². The van der Waals surface area contributed by atoms with Gasteiger partial charge in [-0.2, -0.15) is 5.10 Å². The molecule has 1 aliphatic heterocycles. The molecule has 6 nitrogen and oxygen atoms in total. The standard InChI is InChI=1S/C22H20BrFN4O2/c1-15-2-3-16(12-20(15)24)21(29)26-8-10-27(11-9-26)22(30)17-13-25-28(14-17)19-6-4-18(23)5-7-19/h2-7,12-14H,8-11H2,1H3.